The number of anilines is 1. The van der Waals surface area contributed by atoms with Gasteiger partial charge in [-0.1, -0.05) is 36.4 Å². The zero-order valence-electron chi connectivity index (χ0n) is 16.1. The van der Waals surface area contributed by atoms with Crippen molar-refractivity contribution in [3.8, 4) is 11.5 Å². The lowest BCUT2D eigenvalue weighted by atomic mass is 10.1. The molecule has 0 radical (unpaired) electrons. The van der Waals surface area contributed by atoms with Gasteiger partial charge in [0.25, 0.3) is 5.91 Å². The largest absolute Gasteiger partial charge is 0.456 e. The minimum Gasteiger partial charge on any atom is -0.456 e. The molecule has 0 aromatic heterocycles. The second kappa shape index (κ2) is 9.21. The minimum atomic E-state index is -4.51. The van der Waals surface area contributed by atoms with E-state index in [0.717, 1.165) is 12.1 Å². The van der Waals surface area contributed by atoms with E-state index in [0.29, 0.717) is 11.3 Å². The normalized spacial score (nSPS) is 10.9. The first-order valence-electron chi connectivity index (χ1n) is 9.11. The molecular formula is C22H18F3N3O3. The Morgan fingerprint density at radius 1 is 0.903 bits per heavy atom. The zero-order chi connectivity index (χ0) is 22.4. The fourth-order valence-corrected chi connectivity index (χ4v) is 2.75. The highest BCUT2D eigenvalue weighted by Crippen LogP contribution is 2.31. The van der Waals surface area contributed by atoms with E-state index in [-0.39, 0.29) is 23.5 Å². The number of halogens is 3. The summed E-state index contributed by atoms with van der Waals surface area (Å²) >= 11 is 0. The average Bonchev–Trinajstić information content (AvgIpc) is 2.73. The van der Waals surface area contributed by atoms with Crippen molar-refractivity contribution in [2.24, 2.45) is 5.73 Å². The van der Waals surface area contributed by atoms with Crippen LogP contribution in [0.1, 0.15) is 21.5 Å². The molecule has 0 saturated carbocycles. The van der Waals surface area contributed by atoms with Gasteiger partial charge in [0.15, 0.2) is 0 Å². The molecule has 3 amide bonds. The number of benzene rings is 3. The first kappa shape index (κ1) is 21.7. The number of nitrogens with two attached hydrogens (primary N) is 1. The zero-order valence-corrected chi connectivity index (χ0v) is 16.1. The number of amides is 3. The number of nitrogens with one attached hydrogen (secondary N) is 2. The van der Waals surface area contributed by atoms with E-state index in [1.54, 1.807) is 42.5 Å². The molecule has 31 heavy (non-hydrogen) atoms. The minimum absolute atomic E-state index is 0.00671. The maximum atomic E-state index is 12.8. The predicted octanol–water partition coefficient (Wildman–Crippen LogP) is 4.92. The van der Waals surface area contributed by atoms with Gasteiger partial charge in [-0.15, -0.1) is 0 Å². The van der Waals surface area contributed by atoms with Crippen LogP contribution >= 0.6 is 0 Å². The number of carbonyl (C=O) groups is 2. The fraction of sp³-hybridized carbons (Fsp3) is 0.0909. The molecule has 0 aliphatic rings. The smallest absolute Gasteiger partial charge is 0.416 e. The maximum Gasteiger partial charge on any atom is 0.416 e. The van der Waals surface area contributed by atoms with E-state index >= 15 is 0 Å². The van der Waals surface area contributed by atoms with Gasteiger partial charge in [-0.05, 0) is 36.4 Å². The third kappa shape index (κ3) is 5.75. The Bertz CT molecular complexity index is 1100. The maximum absolute atomic E-state index is 12.8. The molecule has 0 unspecified atom stereocenters. The molecule has 3 aromatic rings. The van der Waals surface area contributed by atoms with Gasteiger partial charge in [-0.2, -0.15) is 13.2 Å². The number of rotatable bonds is 6. The highest BCUT2D eigenvalue weighted by Gasteiger charge is 2.30. The van der Waals surface area contributed by atoms with Gasteiger partial charge in [0.05, 0.1) is 11.1 Å². The highest BCUT2D eigenvalue weighted by molar-refractivity contribution is 5.95. The van der Waals surface area contributed by atoms with Crippen LogP contribution in [0.2, 0.25) is 0 Å². The van der Waals surface area contributed by atoms with Gasteiger partial charge in [-0.25, -0.2) is 4.79 Å². The number of alkyl halides is 3. The van der Waals surface area contributed by atoms with E-state index in [1.807, 2.05) is 0 Å². The van der Waals surface area contributed by atoms with Crippen LogP contribution in [-0.2, 0) is 12.7 Å². The van der Waals surface area contributed by atoms with Gasteiger partial charge in [0.1, 0.15) is 11.5 Å². The summed E-state index contributed by atoms with van der Waals surface area (Å²) in [7, 11) is 0. The Morgan fingerprint density at radius 3 is 2.29 bits per heavy atom. The molecule has 4 N–H and O–H groups in total. The Kier molecular flexibility index (Phi) is 6.44. The number of urea groups is 1. The molecule has 0 atom stereocenters. The van der Waals surface area contributed by atoms with Crippen molar-refractivity contribution in [1.82, 2.24) is 5.32 Å². The molecule has 0 fully saturated rings. The van der Waals surface area contributed by atoms with Crippen LogP contribution in [0.4, 0.5) is 23.7 Å². The van der Waals surface area contributed by atoms with Gasteiger partial charge >= 0.3 is 12.2 Å². The van der Waals surface area contributed by atoms with Crippen LogP contribution in [0.3, 0.4) is 0 Å². The van der Waals surface area contributed by atoms with Gasteiger partial charge in [-0.3, -0.25) is 4.79 Å². The van der Waals surface area contributed by atoms with Crippen molar-refractivity contribution in [2.45, 2.75) is 12.7 Å². The Morgan fingerprint density at radius 2 is 1.58 bits per heavy atom. The molecule has 0 bridgehead atoms. The summed E-state index contributed by atoms with van der Waals surface area (Å²) in [5.74, 6) is -0.00175. The van der Waals surface area contributed by atoms with Crippen LogP contribution in [0.15, 0.2) is 72.8 Å². The van der Waals surface area contributed by atoms with Crippen molar-refractivity contribution in [2.75, 3.05) is 5.32 Å². The van der Waals surface area contributed by atoms with Gasteiger partial charge in [0.2, 0.25) is 0 Å². The molecule has 9 heteroatoms. The summed E-state index contributed by atoms with van der Waals surface area (Å²) in [6.07, 6.45) is -4.51. The van der Waals surface area contributed by atoms with E-state index in [1.165, 1.54) is 18.2 Å². The van der Waals surface area contributed by atoms with Crippen molar-refractivity contribution < 1.29 is 27.5 Å². The summed E-state index contributed by atoms with van der Waals surface area (Å²) in [5.41, 5.74) is 5.29. The summed E-state index contributed by atoms with van der Waals surface area (Å²) < 4.78 is 44.2. The SMILES string of the molecule is NC(=O)c1ccccc1Oc1ccccc1CNC(=O)Nc1cccc(C(F)(F)F)c1. The van der Waals surface area contributed by atoms with Crippen molar-refractivity contribution in [3.63, 3.8) is 0 Å². The van der Waals surface area contributed by atoms with Crippen LogP contribution in [-0.4, -0.2) is 11.9 Å². The van der Waals surface area contributed by atoms with Gasteiger partial charge in [0, 0.05) is 17.8 Å². The number of carbonyl (C=O) groups excluding carboxylic acids is 2. The lowest BCUT2D eigenvalue weighted by Crippen LogP contribution is -2.28. The topological polar surface area (TPSA) is 93.5 Å². The summed E-state index contributed by atoms with van der Waals surface area (Å²) in [5, 5.41) is 4.93. The van der Waals surface area contributed by atoms with E-state index in [9.17, 15) is 22.8 Å². The second-order valence-corrected chi connectivity index (χ2v) is 6.46. The highest BCUT2D eigenvalue weighted by atomic mass is 19.4. The number of ether oxygens (including phenoxy) is 1. The first-order chi connectivity index (χ1) is 14.7. The molecule has 0 aliphatic carbocycles. The number of hydrogen-bond acceptors (Lipinski definition) is 3. The monoisotopic (exact) mass is 429 g/mol. The van der Waals surface area contributed by atoms with Crippen LogP contribution < -0.4 is 21.1 Å². The van der Waals surface area contributed by atoms with Crippen molar-refractivity contribution in [3.05, 3.63) is 89.5 Å². The third-order valence-electron chi connectivity index (χ3n) is 4.23. The van der Waals surface area contributed by atoms with Crippen LogP contribution in [0.5, 0.6) is 11.5 Å². The quantitative estimate of drug-likeness (QED) is 0.519. The summed E-state index contributed by atoms with van der Waals surface area (Å²) in [6, 6.07) is 16.9. The Balaban J connectivity index is 1.68. The van der Waals surface area contributed by atoms with E-state index in [4.69, 9.17) is 10.5 Å². The van der Waals surface area contributed by atoms with Crippen LogP contribution in [0, 0.1) is 0 Å². The standard InChI is InChI=1S/C22H18F3N3O3/c23-22(24,25)15-7-5-8-16(12-15)28-21(30)27-13-14-6-1-3-10-18(14)31-19-11-4-2-9-17(19)20(26)29/h1-12H,13H2,(H2,26,29)(H2,27,28,30). The first-order valence-corrected chi connectivity index (χ1v) is 9.11. The number of para-hydroxylation sites is 2. The number of hydrogen-bond donors (Lipinski definition) is 3. The summed E-state index contributed by atoms with van der Waals surface area (Å²) in [4.78, 5) is 23.7. The Labute approximate surface area is 175 Å². The lowest BCUT2D eigenvalue weighted by Gasteiger charge is -2.14. The predicted molar refractivity (Wildman–Crippen MR) is 109 cm³/mol. The van der Waals surface area contributed by atoms with Crippen LogP contribution in [0.25, 0.3) is 0 Å². The van der Waals surface area contributed by atoms with Crippen molar-refractivity contribution >= 4 is 17.6 Å². The van der Waals surface area contributed by atoms with E-state index < -0.39 is 23.7 Å². The molecule has 0 heterocycles. The number of primary amides is 1. The van der Waals surface area contributed by atoms with E-state index in [2.05, 4.69) is 10.6 Å². The molecule has 0 saturated heterocycles. The average molecular weight is 429 g/mol. The second-order valence-electron chi connectivity index (χ2n) is 6.46. The molecular weight excluding hydrogens is 411 g/mol. The molecule has 160 valence electrons. The molecule has 0 aliphatic heterocycles. The third-order valence-corrected chi connectivity index (χ3v) is 4.23. The Hall–Kier alpha value is -4.01. The summed E-state index contributed by atoms with van der Waals surface area (Å²) in [6.45, 7) is 0.0275. The molecule has 3 rings (SSSR count). The molecule has 6 nitrogen and oxygen atoms in total. The molecule has 0 spiro atoms. The van der Waals surface area contributed by atoms with Gasteiger partial charge < -0.3 is 21.1 Å². The lowest BCUT2D eigenvalue weighted by molar-refractivity contribution is -0.137. The van der Waals surface area contributed by atoms with Crippen molar-refractivity contribution in [1.29, 1.82) is 0 Å². The molecule has 3 aromatic carbocycles. The fourth-order valence-electron chi connectivity index (χ4n) is 2.75.